The molecule has 6 amide bonds. The van der Waals surface area contributed by atoms with Gasteiger partial charge in [-0.05, 0) is 43.3 Å². The Labute approximate surface area is 183 Å². The average molecular weight is 435 g/mol. The van der Waals surface area contributed by atoms with Crippen LogP contribution in [-0.4, -0.2) is 35.9 Å². The molecule has 1 atom stereocenters. The molecule has 3 rings (SSSR count). The smallest absolute Gasteiger partial charge is 0.326 e. The van der Waals surface area contributed by atoms with Gasteiger partial charge in [-0.15, -0.1) is 0 Å². The molecule has 1 aliphatic heterocycles. The first kappa shape index (κ1) is 22.3. The van der Waals surface area contributed by atoms with Gasteiger partial charge in [-0.3, -0.25) is 24.5 Å². The van der Waals surface area contributed by atoms with Crippen molar-refractivity contribution in [3.63, 3.8) is 0 Å². The van der Waals surface area contributed by atoms with Crippen LogP contribution in [0.4, 0.5) is 16.2 Å². The molecule has 0 aromatic heterocycles. The second kappa shape index (κ2) is 9.65. The predicted octanol–water partition coefficient (Wildman–Crippen LogP) is 1.96. The highest BCUT2D eigenvalue weighted by Crippen LogP contribution is 2.20. The number of amides is 6. The van der Waals surface area contributed by atoms with Crippen molar-refractivity contribution in [1.29, 1.82) is 0 Å². The normalized spacial score (nSPS) is 16.1. The van der Waals surface area contributed by atoms with Crippen LogP contribution in [0.25, 0.3) is 0 Å². The summed E-state index contributed by atoms with van der Waals surface area (Å²) in [5.74, 6) is -3.74. The van der Waals surface area contributed by atoms with Gasteiger partial charge in [0.15, 0.2) is 5.92 Å². The summed E-state index contributed by atoms with van der Waals surface area (Å²) in [7, 11) is 0. The van der Waals surface area contributed by atoms with Crippen LogP contribution in [0.3, 0.4) is 0 Å². The number of nitrogens with zero attached hydrogens (tertiary/aromatic N) is 2. The van der Waals surface area contributed by atoms with Crippen molar-refractivity contribution in [2.75, 3.05) is 10.2 Å². The van der Waals surface area contributed by atoms with Gasteiger partial charge in [0.2, 0.25) is 11.8 Å². The van der Waals surface area contributed by atoms with E-state index in [0.717, 1.165) is 16.7 Å². The van der Waals surface area contributed by atoms with Gasteiger partial charge in [-0.2, -0.15) is 5.10 Å². The van der Waals surface area contributed by atoms with Crippen molar-refractivity contribution in [2.45, 2.75) is 20.3 Å². The molecule has 0 radical (unpaired) electrons. The highest BCUT2D eigenvalue weighted by molar-refractivity contribution is 6.32. The van der Waals surface area contributed by atoms with E-state index in [0.29, 0.717) is 17.8 Å². The Morgan fingerprint density at radius 1 is 1.06 bits per heavy atom. The summed E-state index contributed by atoms with van der Waals surface area (Å²) in [5.41, 5.74) is 4.29. The molecule has 0 bridgehead atoms. The Morgan fingerprint density at radius 2 is 1.72 bits per heavy atom. The second-order valence-corrected chi connectivity index (χ2v) is 6.98. The van der Waals surface area contributed by atoms with Gasteiger partial charge in [0.1, 0.15) is 0 Å². The Kier molecular flexibility index (Phi) is 6.74. The van der Waals surface area contributed by atoms with E-state index in [-0.39, 0.29) is 11.5 Å². The fourth-order valence-corrected chi connectivity index (χ4v) is 2.85. The van der Waals surface area contributed by atoms with E-state index < -0.39 is 29.7 Å². The molecule has 0 aliphatic carbocycles. The van der Waals surface area contributed by atoms with Gasteiger partial charge < -0.3 is 5.32 Å². The van der Waals surface area contributed by atoms with Crippen LogP contribution >= 0.6 is 0 Å². The van der Waals surface area contributed by atoms with Crippen LogP contribution in [0, 0.1) is 12.8 Å². The van der Waals surface area contributed by atoms with E-state index in [4.69, 9.17) is 0 Å². The first-order valence-corrected chi connectivity index (χ1v) is 9.79. The third-order valence-corrected chi connectivity index (χ3v) is 4.64. The summed E-state index contributed by atoms with van der Waals surface area (Å²) in [4.78, 5) is 61.5. The number of barbiturate groups is 1. The quantitative estimate of drug-likeness (QED) is 0.362. The topological polar surface area (TPSA) is 137 Å². The highest BCUT2D eigenvalue weighted by Gasteiger charge is 2.40. The molecule has 32 heavy (non-hydrogen) atoms. The number of benzene rings is 2. The number of carbonyl (C=O) groups excluding carboxylic acids is 5. The molecule has 1 heterocycles. The minimum absolute atomic E-state index is 0.152. The zero-order valence-electron chi connectivity index (χ0n) is 17.4. The molecule has 3 N–H and O–H groups in total. The van der Waals surface area contributed by atoms with Crippen molar-refractivity contribution in [1.82, 2.24) is 10.7 Å². The number of imide groups is 2. The van der Waals surface area contributed by atoms with Crippen LogP contribution in [-0.2, 0) is 14.4 Å². The lowest BCUT2D eigenvalue weighted by atomic mass is 10.1. The van der Waals surface area contributed by atoms with Crippen LogP contribution in [0.1, 0.15) is 29.3 Å². The summed E-state index contributed by atoms with van der Waals surface area (Å²) in [6.45, 7) is 3.58. The summed E-state index contributed by atoms with van der Waals surface area (Å²) in [6.07, 6.45) is 1.30. The van der Waals surface area contributed by atoms with Crippen molar-refractivity contribution in [3.05, 3.63) is 59.7 Å². The Hall–Kier alpha value is -4.34. The van der Waals surface area contributed by atoms with Gasteiger partial charge >= 0.3 is 6.03 Å². The van der Waals surface area contributed by atoms with E-state index in [1.807, 2.05) is 6.92 Å². The third kappa shape index (κ3) is 5.04. The van der Waals surface area contributed by atoms with E-state index in [1.165, 1.54) is 12.1 Å². The molecule has 0 saturated carbocycles. The first-order chi connectivity index (χ1) is 15.3. The Balaban J connectivity index is 1.67. The maximum Gasteiger partial charge on any atom is 0.335 e. The van der Waals surface area contributed by atoms with Gasteiger partial charge in [0, 0.05) is 23.9 Å². The van der Waals surface area contributed by atoms with Crippen molar-refractivity contribution < 1.29 is 24.0 Å². The van der Waals surface area contributed by atoms with Gasteiger partial charge in [0.05, 0.1) is 5.69 Å². The van der Waals surface area contributed by atoms with Crippen LogP contribution in [0.15, 0.2) is 53.6 Å². The monoisotopic (exact) mass is 435 g/mol. The molecule has 1 saturated heterocycles. The van der Waals surface area contributed by atoms with E-state index >= 15 is 0 Å². The largest absolute Gasteiger partial charge is 0.335 e. The van der Waals surface area contributed by atoms with Crippen LogP contribution in [0.5, 0.6) is 0 Å². The summed E-state index contributed by atoms with van der Waals surface area (Å²) >= 11 is 0. The zero-order chi connectivity index (χ0) is 23.3. The first-order valence-electron chi connectivity index (χ1n) is 9.79. The minimum atomic E-state index is -1.39. The number of anilines is 2. The molecule has 164 valence electrons. The molecule has 2 aromatic rings. The fraction of sp³-hybridized carbons (Fsp3) is 0.182. The highest BCUT2D eigenvalue weighted by atomic mass is 16.2. The van der Waals surface area contributed by atoms with Gasteiger partial charge in [0.25, 0.3) is 11.8 Å². The molecule has 0 unspecified atom stereocenters. The molecule has 10 heteroatoms. The van der Waals surface area contributed by atoms with Crippen LogP contribution < -0.4 is 21.0 Å². The Bertz CT molecular complexity index is 1090. The standard InChI is InChI=1S/C22H21N5O5/c1-3-18(28)24-15-8-6-14(7-9-15)19(29)26-23-12-17-20(30)25-22(32)27(21(17)31)16-10-4-13(2)5-11-16/h4-12,17H,3H2,1-2H3,(H,24,28)(H,26,29)(H,25,30,32)/b23-12-/t17-/m1/s1. The number of hydrazone groups is 1. The number of carbonyl (C=O) groups is 5. The SMILES string of the molecule is CCC(=O)Nc1ccc(C(=O)N/N=C\[C@@H]2C(=O)NC(=O)N(c3ccc(C)cc3)C2=O)cc1. The summed E-state index contributed by atoms with van der Waals surface area (Å²) < 4.78 is 0. The lowest BCUT2D eigenvalue weighted by molar-refractivity contribution is -0.131. The number of nitrogens with one attached hydrogen (secondary N) is 3. The van der Waals surface area contributed by atoms with Crippen molar-refractivity contribution in [2.24, 2.45) is 11.0 Å². The van der Waals surface area contributed by atoms with Crippen LogP contribution in [0.2, 0.25) is 0 Å². The van der Waals surface area contributed by atoms with Gasteiger partial charge in [-0.1, -0.05) is 24.6 Å². The molecule has 2 aromatic carbocycles. The molecule has 0 spiro atoms. The predicted molar refractivity (Wildman–Crippen MR) is 117 cm³/mol. The Morgan fingerprint density at radius 3 is 2.34 bits per heavy atom. The lowest BCUT2D eigenvalue weighted by Crippen LogP contribution is -2.58. The maximum atomic E-state index is 12.7. The van der Waals surface area contributed by atoms with Crippen molar-refractivity contribution >= 4 is 47.2 Å². The zero-order valence-corrected chi connectivity index (χ0v) is 17.4. The number of aryl methyl sites for hydroxylation is 1. The van der Waals surface area contributed by atoms with E-state index in [1.54, 1.807) is 43.3 Å². The maximum absolute atomic E-state index is 12.7. The molecule has 10 nitrogen and oxygen atoms in total. The third-order valence-electron chi connectivity index (χ3n) is 4.64. The molecular formula is C22H21N5O5. The number of hydrogen-bond donors (Lipinski definition) is 3. The lowest BCUT2D eigenvalue weighted by Gasteiger charge is -2.28. The van der Waals surface area contributed by atoms with E-state index in [9.17, 15) is 24.0 Å². The van der Waals surface area contributed by atoms with Crippen molar-refractivity contribution in [3.8, 4) is 0 Å². The molecule has 1 aliphatic rings. The fourth-order valence-electron chi connectivity index (χ4n) is 2.85. The van der Waals surface area contributed by atoms with Gasteiger partial charge in [-0.25, -0.2) is 15.1 Å². The summed E-state index contributed by atoms with van der Waals surface area (Å²) in [6, 6.07) is 11.9. The number of rotatable bonds is 6. The second-order valence-electron chi connectivity index (χ2n) is 6.98. The number of urea groups is 1. The number of hydrogen-bond acceptors (Lipinski definition) is 6. The molecular weight excluding hydrogens is 414 g/mol. The average Bonchev–Trinajstić information content (AvgIpc) is 2.77. The summed E-state index contributed by atoms with van der Waals surface area (Å²) in [5, 5.41) is 8.48. The molecule has 1 fully saturated rings. The van der Waals surface area contributed by atoms with E-state index in [2.05, 4.69) is 21.2 Å². The minimum Gasteiger partial charge on any atom is -0.326 e.